The Balaban J connectivity index is 2.11. The van der Waals surface area contributed by atoms with Crippen LogP contribution in [-0.4, -0.2) is 24.5 Å². The Kier molecular flexibility index (Phi) is 3.45. The summed E-state index contributed by atoms with van der Waals surface area (Å²) in [7, 11) is 2.22. The maximum absolute atomic E-state index is 5.18. The second kappa shape index (κ2) is 4.41. The molecule has 1 saturated heterocycles. The Bertz CT molecular complexity index is 145. The van der Waals surface area contributed by atoms with Gasteiger partial charge in [0.1, 0.15) is 0 Å². The maximum atomic E-state index is 5.18. The first-order valence-electron chi connectivity index (χ1n) is 4.48. The molecule has 1 nitrogen and oxygen atoms in total. The lowest BCUT2D eigenvalue weighted by molar-refractivity contribution is 0.293. The summed E-state index contributed by atoms with van der Waals surface area (Å²) in [6.45, 7) is 1.28. The van der Waals surface area contributed by atoms with Crippen molar-refractivity contribution in [2.24, 2.45) is 0 Å². The van der Waals surface area contributed by atoms with Crippen LogP contribution in [0, 0.1) is 12.3 Å². The van der Waals surface area contributed by atoms with E-state index in [1.54, 1.807) is 0 Å². The van der Waals surface area contributed by atoms with Gasteiger partial charge in [0, 0.05) is 12.5 Å². The van der Waals surface area contributed by atoms with Crippen LogP contribution in [0.4, 0.5) is 0 Å². The third kappa shape index (κ3) is 2.55. The van der Waals surface area contributed by atoms with Crippen LogP contribution >= 0.6 is 0 Å². The van der Waals surface area contributed by atoms with Crippen molar-refractivity contribution in [1.82, 2.24) is 4.90 Å². The summed E-state index contributed by atoms with van der Waals surface area (Å²) in [5, 5.41) is 0. The van der Waals surface area contributed by atoms with Crippen LogP contribution in [0.1, 0.15) is 32.1 Å². The second-order valence-corrected chi connectivity index (χ2v) is 3.37. The predicted molar refractivity (Wildman–Crippen MR) is 48.3 cm³/mol. The van der Waals surface area contributed by atoms with Crippen LogP contribution in [0.3, 0.4) is 0 Å². The van der Waals surface area contributed by atoms with Gasteiger partial charge in [0.05, 0.1) is 0 Å². The van der Waals surface area contributed by atoms with Gasteiger partial charge >= 0.3 is 0 Å². The van der Waals surface area contributed by atoms with Gasteiger partial charge in [-0.05, 0) is 39.3 Å². The van der Waals surface area contributed by atoms with Crippen LogP contribution in [0.2, 0.25) is 0 Å². The van der Waals surface area contributed by atoms with Gasteiger partial charge in [-0.25, -0.2) is 0 Å². The van der Waals surface area contributed by atoms with Crippen molar-refractivity contribution < 1.29 is 0 Å². The Morgan fingerprint density at radius 3 is 3.00 bits per heavy atom. The van der Waals surface area contributed by atoms with Gasteiger partial charge in [0.25, 0.3) is 0 Å². The van der Waals surface area contributed by atoms with Gasteiger partial charge in [-0.3, -0.25) is 0 Å². The van der Waals surface area contributed by atoms with E-state index in [4.69, 9.17) is 6.42 Å². The summed E-state index contributed by atoms with van der Waals surface area (Å²) < 4.78 is 0. The molecule has 0 aliphatic carbocycles. The molecule has 0 spiro atoms. The average Bonchev–Trinajstić information content (AvgIpc) is 2.37. The monoisotopic (exact) mass is 151 g/mol. The molecule has 11 heavy (non-hydrogen) atoms. The standard InChI is InChI=1S/C10H17N/c1-3-4-5-7-10-8-6-9-11(10)2/h1,10H,4-9H2,2H3/t10-/m0/s1. The number of rotatable bonds is 3. The molecule has 0 bridgehead atoms. The average molecular weight is 151 g/mol. The molecular weight excluding hydrogens is 134 g/mol. The van der Waals surface area contributed by atoms with Crippen LogP contribution < -0.4 is 0 Å². The number of hydrogen-bond donors (Lipinski definition) is 0. The quantitative estimate of drug-likeness (QED) is 0.440. The summed E-state index contributed by atoms with van der Waals surface area (Å²) in [6, 6.07) is 0.823. The molecule has 0 unspecified atom stereocenters. The highest BCUT2D eigenvalue weighted by atomic mass is 15.1. The first-order chi connectivity index (χ1) is 5.34. The molecule has 0 aromatic rings. The van der Waals surface area contributed by atoms with E-state index in [-0.39, 0.29) is 0 Å². The topological polar surface area (TPSA) is 3.24 Å². The Morgan fingerprint density at radius 2 is 2.45 bits per heavy atom. The molecule has 0 saturated carbocycles. The van der Waals surface area contributed by atoms with E-state index in [0.29, 0.717) is 0 Å². The summed E-state index contributed by atoms with van der Waals surface area (Å²) >= 11 is 0. The largest absolute Gasteiger partial charge is 0.303 e. The summed E-state index contributed by atoms with van der Waals surface area (Å²) in [5.74, 6) is 2.69. The van der Waals surface area contributed by atoms with Crippen LogP contribution in [0.25, 0.3) is 0 Å². The normalized spacial score (nSPS) is 25.3. The molecule has 1 fully saturated rings. The van der Waals surface area contributed by atoms with Crippen molar-refractivity contribution in [3.8, 4) is 12.3 Å². The van der Waals surface area contributed by atoms with Crippen molar-refractivity contribution >= 4 is 0 Å². The van der Waals surface area contributed by atoms with Gasteiger partial charge in [-0.15, -0.1) is 12.3 Å². The van der Waals surface area contributed by atoms with Gasteiger partial charge < -0.3 is 4.90 Å². The third-order valence-corrected chi connectivity index (χ3v) is 2.53. The minimum Gasteiger partial charge on any atom is -0.303 e. The highest BCUT2D eigenvalue weighted by molar-refractivity contribution is 4.85. The maximum Gasteiger partial charge on any atom is 0.00930 e. The van der Waals surface area contributed by atoms with E-state index in [9.17, 15) is 0 Å². The molecule has 0 amide bonds. The lowest BCUT2D eigenvalue weighted by Crippen LogP contribution is -2.24. The Hall–Kier alpha value is -0.480. The van der Waals surface area contributed by atoms with E-state index < -0.39 is 0 Å². The van der Waals surface area contributed by atoms with Crippen molar-refractivity contribution in [3.63, 3.8) is 0 Å². The van der Waals surface area contributed by atoms with Crippen molar-refractivity contribution in [2.45, 2.75) is 38.1 Å². The van der Waals surface area contributed by atoms with Crippen molar-refractivity contribution in [1.29, 1.82) is 0 Å². The molecule has 0 aromatic carbocycles. The SMILES string of the molecule is C#CCCC[C@H]1CCCN1C. The molecule has 1 aliphatic heterocycles. The molecule has 1 rings (SSSR count). The predicted octanol–water partition coefficient (Wildman–Crippen LogP) is 1.88. The molecule has 62 valence electrons. The number of nitrogens with zero attached hydrogens (tertiary/aromatic N) is 1. The zero-order chi connectivity index (χ0) is 8.10. The minimum absolute atomic E-state index is 0.823. The number of hydrogen-bond acceptors (Lipinski definition) is 1. The van der Waals surface area contributed by atoms with Gasteiger partial charge in [0.2, 0.25) is 0 Å². The van der Waals surface area contributed by atoms with E-state index in [1.807, 2.05) is 0 Å². The molecule has 1 heteroatoms. The zero-order valence-corrected chi connectivity index (χ0v) is 7.34. The van der Waals surface area contributed by atoms with E-state index in [0.717, 1.165) is 12.5 Å². The van der Waals surface area contributed by atoms with Crippen molar-refractivity contribution in [2.75, 3.05) is 13.6 Å². The highest BCUT2D eigenvalue weighted by Crippen LogP contribution is 2.19. The number of terminal acetylenes is 1. The van der Waals surface area contributed by atoms with Gasteiger partial charge in [0.15, 0.2) is 0 Å². The lowest BCUT2D eigenvalue weighted by Gasteiger charge is -2.18. The molecular formula is C10H17N. The van der Waals surface area contributed by atoms with E-state index >= 15 is 0 Å². The first-order valence-corrected chi connectivity index (χ1v) is 4.48. The molecule has 0 aromatic heterocycles. The molecule has 1 atom stereocenters. The summed E-state index contributed by atoms with van der Waals surface area (Å²) in [6.07, 6.45) is 11.4. The fourth-order valence-corrected chi connectivity index (χ4v) is 1.78. The van der Waals surface area contributed by atoms with Gasteiger partial charge in [-0.1, -0.05) is 0 Å². The molecule has 1 heterocycles. The molecule has 0 N–H and O–H groups in total. The lowest BCUT2D eigenvalue weighted by atomic mass is 10.1. The minimum atomic E-state index is 0.823. The van der Waals surface area contributed by atoms with Gasteiger partial charge in [-0.2, -0.15) is 0 Å². The Labute approximate surface area is 69.8 Å². The fourth-order valence-electron chi connectivity index (χ4n) is 1.78. The van der Waals surface area contributed by atoms with Crippen LogP contribution in [0.15, 0.2) is 0 Å². The van der Waals surface area contributed by atoms with Crippen molar-refractivity contribution in [3.05, 3.63) is 0 Å². The third-order valence-electron chi connectivity index (χ3n) is 2.53. The Morgan fingerprint density at radius 1 is 1.64 bits per heavy atom. The summed E-state index contributed by atoms with van der Waals surface area (Å²) in [5.41, 5.74) is 0. The van der Waals surface area contributed by atoms with Crippen LogP contribution in [-0.2, 0) is 0 Å². The van der Waals surface area contributed by atoms with Crippen LogP contribution in [0.5, 0.6) is 0 Å². The zero-order valence-electron chi connectivity index (χ0n) is 7.34. The molecule has 0 radical (unpaired) electrons. The second-order valence-electron chi connectivity index (χ2n) is 3.37. The fraction of sp³-hybridized carbons (Fsp3) is 0.800. The highest BCUT2D eigenvalue weighted by Gasteiger charge is 2.19. The summed E-state index contributed by atoms with van der Waals surface area (Å²) in [4.78, 5) is 2.45. The number of unbranched alkanes of at least 4 members (excludes halogenated alkanes) is 1. The smallest absolute Gasteiger partial charge is 0.00930 e. The molecule has 1 aliphatic rings. The first kappa shape index (κ1) is 8.62. The van der Waals surface area contributed by atoms with E-state index in [1.165, 1.54) is 32.2 Å². The van der Waals surface area contributed by atoms with E-state index in [2.05, 4.69) is 17.9 Å². The number of likely N-dealkylation sites (tertiary alicyclic amines) is 1.